The number of rotatable bonds is 6. The molecule has 0 bridgehead atoms. The molecule has 0 aromatic heterocycles. The van der Waals surface area contributed by atoms with Crippen LogP contribution in [0.4, 0.5) is 16.2 Å². The summed E-state index contributed by atoms with van der Waals surface area (Å²) in [6, 6.07) is 7.23. The monoisotopic (exact) mass is 305 g/mol. The maximum atomic E-state index is 12.4. The molecule has 0 aliphatic heterocycles. The lowest BCUT2D eigenvalue weighted by Gasteiger charge is -2.30. The van der Waals surface area contributed by atoms with Gasteiger partial charge in [0.15, 0.2) is 0 Å². The molecule has 0 saturated carbocycles. The molecule has 0 heterocycles. The minimum Gasteiger partial charge on any atom is -0.326 e. The van der Waals surface area contributed by atoms with E-state index in [2.05, 4.69) is 24.5 Å². The van der Waals surface area contributed by atoms with Crippen molar-refractivity contribution in [1.29, 1.82) is 0 Å². The van der Waals surface area contributed by atoms with Gasteiger partial charge in [-0.2, -0.15) is 0 Å². The molecule has 0 fully saturated rings. The van der Waals surface area contributed by atoms with E-state index in [-0.39, 0.29) is 18.0 Å². The van der Waals surface area contributed by atoms with Crippen LogP contribution >= 0.6 is 0 Å². The maximum Gasteiger partial charge on any atom is 0.322 e. The van der Waals surface area contributed by atoms with Gasteiger partial charge in [-0.1, -0.05) is 26.8 Å². The van der Waals surface area contributed by atoms with Crippen LogP contribution in [0.3, 0.4) is 0 Å². The van der Waals surface area contributed by atoms with Crippen molar-refractivity contribution in [2.45, 2.75) is 47.1 Å². The second kappa shape index (κ2) is 8.41. The molecule has 1 atom stereocenters. The van der Waals surface area contributed by atoms with Gasteiger partial charge in [0, 0.05) is 30.4 Å². The lowest BCUT2D eigenvalue weighted by atomic mass is 10.1. The fraction of sp³-hybridized carbons (Fsp3) is 0.529. The highest BCUT2D eigenvalue weighted by molar-refractivity contribution is 5.93. The van der Waals surface area contributed by atoms with Gasteiger partial charge in [0.2, 0.25) is 5.91 Å². The number of carbonyl (C=O) groups excluding carboxylic acids is 2. The molecule has 0 spiro atoms. The molecule has 0 aliphatic carbocycles. The molecule has 2 N–H and O–H groups in total. The summed E-state index contributed by atoms with van der Waals surface area (Å²) in [7, 11) is 0. The quantitative estimate of drug-likeness (QED) is 0.836. The Morgan fingerprint density at radius 3 is 2.18 bits per heavy atom. The van der Waals surface area contributed by atoms with E-state index in [4.69, 9.17) is 0 Å². The Labute approximate surface area is 133 Å². The summed E-state index contributed by atoms with van der Waals surface area (Å²) >= 11 is 0. The Morgan fingerprint density at radius 2 is 1.68 bits per heavy atom. The van der Waals surface area contributed by atoms with E-state index >= 15 is 0 Å². The number of amides is 3. The van der Waals surface area contributed by atoms with Crippen LogP contribution in [0.1, 0.15) is 41.0 Å². The Kier molecular flexibility index (Phi) is 6.89. The minimum atomic E-state index is -0.123. The highest BCUT2D eigenvalue weighted by Gasteiger charge is 2.21. The molecule has 1 unspecified atom stereocenters. The highest BCUT2D eigenvalue weighted by Crippen LogP contribution is 2.17. The van der Waals surface area contributed by atoms with E-state index in [0.29, 0.717) is 30.3 Å². The Hall–Kier alpha value is -2.04. The molecule has 0 aliphatic rings. The van der Waals surface area contributed by atoms with Crippen LogP contribution in [0.2, 0.25) is 0 Å². The van der Waals surface area contributed by atoms with Gasteiger partial charge in [-0.15, -0.1) is 0 Å². The number of hydrogen-bond acceptors (Lipinski definition) is 2. The number of nitrogens with one attached hydrogen (secondary N) is 2. The molecule has 0 saturated heterocycles. The van der Waals surface area contributed by atoms with Gasteiger partial charge in [0.05, 0.1) is 0 Å². The van der Waals surface area contributed by atoms with Crippen molar-refractivity contribution in [3.05, 3.63) is 24.3 Å². The highest BCUT2D eigenvalue weighted by atomic mass is 16.2. The number of anilines is 2. The van der Waals surface area contributed by atoms with Crippen molar-refractivity contribution >= 4 is 23.3 Å². The lowest BCUT2D eigenvalue weighted by Crippen LogP contribution is -2.43. The minimum absolute atomic E-state index is 0.0490. The first-order chi connectivity index (χ1) is 10.4. The molecule has 122 valence electrons. The Balaban J connectivity index is 2.79. The van der Waals surface area contributed by atoms with E-state index in [1.807, 2.05) is 30.9 Å². The molecule has 5 heteroatoms. The van der Waals surface area contributed by atoms with Crippen LogP contribution in [0, 0.1) is 5.92 Å². The molecule has 3 amide bonds. The predicted octanol–water partition coefficient (Wildman–Crippen LogP) is 3.93. The number of nitrogens with zero attached hydrogens (tertiary/aromatic N) is 1. The Bertz CT molecular complexity index is 514. The maximum absolute atomic E-state index is 12.4. The van der Waals surface area contributed by atoms with Crippen molar-refractivity contribution < 1.29 is 9.59 Å². The molecule has 22 heavy (non-hydrogen) atoms. The summed E-state index contributed by atoms with van der Waals surface area (Å²) in [6.07, 6.45) is 0.423. The van der Waals surface area contributed by atoms with Gasteiger partial charge in [-0.25, -0.2) is 4.79 Å². The van der Waals surface area contributed by atoms with Gasteiger partial charge < -0.3 is 15.5 Å². The summed E-state index contributed by atoms with van der Waals surface area (Å²) in [5.41, 5.74) is 1.36. The number of hydrogen-bond donors (Lipinski definition) is 2. The average molecular weight is 305 g/mol. The lowest BCUT2D eigenvalue weighted by molar-refractivity contribution is -0.115. The third-order valence-electron chi connectivity index (χ3n) is 3.78. The fourth-order valence-corrected chi connectivity index (χ4v) is 2.10. The van der Waals surface area contributed by atoms with E-state index in [0.717, 1.165) is 0 Å². The van der Waals surface area contributed by atoms with Crippen LogP contribution < -0.4 is 10.6 Å². The number of carbonyl (C=O) groups is 2. The molecule has 5 nitrogen and oxygen atoms in total. The van der Waals surface area contributed by atoms with Gasteiger partial charge >= 0.3 is 6.03 Å². The van der Waals surface area contributed by atoms with Crippen LogP contribution in [-0.4, -0.2) is 29.4 Å². The second-order valence-electron chi connectivity index (χ2n) is 5.68. The van der Waals surface area contributed by atoms with E-state index in [1.54, 1.807) is 19.1 Å². The largest absolute Gasteiger partial charge is 0.326 e. The van der Waals surface area contributed by atoms with Crippen molar-refractivity contribution in [2.24, 2.45) is 5.92 Å². The molecule has 1 aromatic carbocycles. The summed E-state index contributed by atoms with van der Waals surface area (Å²) in [5.74, 6) is 0.341. The van der Waals surface area contributed by atoms with Crippen molar-refractivity contribution in [3.63, 3.8) is 0 Å². The first kappa shape index (κ1) is 18.0. The summed E-state index contributed by atoms with van der Waals surface area (Å²) < 4.78 is 0. The van der Waals surface area contributed by atoms with Gasteiger partial charge in [-0.05, 0) is 38.0 Å². The molecule has 0 radical (unpaired) electrons. The van der Waals surface area contributed by atoms with E-state index in [1.165, 1.54) is 0 Å². The first-order valence-electron chi connectivity index (χ1n) is 7.86. The zero-order valence-electron chi connectivity index (χ0n) is 14.1. The van der Waals surface area contributed by atoms with E-state index in [9.17, 15) is 9.59 Å². The zero-order chi connectivity index (χ0) is 16.7. The zero-order valence-corrected chi connectivity index (χ0v) is 14.1. The van der Waals surface area contributed by atoms with Gasteiger partial charge in [0.1, 0.15) is 0 Å². The van der Waals surface area contributed by atoms with Crippen LogP contribution in [-0.2, 0) is 4.79 Å². The van der Waals surface area contributed by atoms with E-state index < -0.39 is 0 Å². The Morgan fingerprint density at radius 1 is 1.09 bits per heavy atom. The van der Waals surface area contributed by atoms with Crippen molar-refractivity contribution in [2.75, 3.05) is 17.2 Å². The summed E-state index contributed by atoms with van der Waals surface area (Å²) in [6.45, 7) is 10.7. The third kappa shape index (κ3) is 5.06. The fourth-order valence-electron chi connectivity index (χ4n) is 2.10. The van der Waals surface area contributed by atoms with Crippen LogP contribution in [0.15, 0.2) is 24.3 Å². The first-order valence-corrected chi connectivity index (χ1v) is 7.86. The van der Waals surface area contributed by atoms with Gasteiger partial charge in [-0.3, -0.25) is 4.79 Å². The van der Waals surface area contributed by atoms with Crippen molar-refractivity contribution in [3.8, 4) is 0 Å². The van der Waals surface area contributed by atoms with Gasteiger partial charge in [0.25, 0.3) is 0 Å². The number of benzene rings is 1. The SMILES string of the molecule is CCC(=O)Nc1cccc(NC(=O)N(CC)C(C)C(C)C)c1. The van der Waals surface area contributed by atoms with Crippen molar-refractivity contribution in [1.82, 2.24) is 4.90 Å². The van der Waals surface area contributed by atoms with Crippen LogP contribution in [0.5, 0.6) is 0 Å². The average Bonchev–Trinajstić information content (AvgIpc) is 2.47. The molecular formula is C17H27N3O2. The standard InChI is InChI=1S/C17H27N3O2/c1-6-16(21)18-14-9-8-10-15(11-14)19-17(22)20(7-2)13(5)12(3)4/h8-13H,6-7H2,1-5H3,(H,18,21)(H,19,22). The summed E-state index contributed by atoms with van der Waals surface area (Å²) in [4.78, 5) is 25.6. The third-order valence-corrected chi connectivity index (χ3v) is 3.78. The van der Waals surface area contributed by atoms with Crippen LogP contribution in [0.25, 0.3) is 0 Å². The summed E-state index contributed by atoms with van der Waals surface area (Å²) in [5, 5.41) is 5.68. The topological polar surface area (TPSA) is 61.4 Å². The number of urea groups is 1. The molecule has 1 rings (SSSR count). The second-order valence-corrected chi connectivity index (χ2v) is 5.68. The predicted molar refractivity (Wildman–Crippen MR) is 91.1 cm³/mol. The molecule has 1 aromatic rings. The smallest absolute Gasteiger partial charge is 0.322 e. The normalized spacial score (nSPS) is 11.9. The molecular weight excluding hydrogens is 278 g/mol.